The van der Waals surface area contributed by atoms with Gasteiger partial charge in [0.2, 0.25) is 11.4 Å². The Bertz CT molecular complexity index is 349. The molecule has 0 radical (unpaired) electrons. The largest absolute Gasteiger partial charge is 0.337 e. The number of aromatic amines is 1. The van der Waals surface area contributed by atoms with E-state index in [1.807, 2.05) is 4.98 Å². The second-order valence-corrected chi connectivity index (χ2v) is 3.08. The third-order valence-electron chi connectivity index (χ3n) is 1.24. The lowest BCUT2D eigenvalue weighted by atomic mass is 10.3. The van der Waals surface area contributed by atoms with Gasteiger partial charge < -0.3 is 4.98 Å². The van der Waals surface area contributed by atoms with Crippen LogP contribution in [0.4, 0.5) is 13.2 Å². The lowest BCUT2D eigenvalue weighted by Crippen LogP contribution is -2.15. The maximum Gasteiger partial charge on any atom is 0.269 e. The van der Waals surface area contributed by atoms with Crippen LogP contribution in [0.2, 0.25) is 0 Å². The fourth-order valence-corrected chi connectivity index (χ4v) is 1.13. The topological polar surface area (TPSA) is 32.9 Å². The standard InChI is InChI=1S/C6H3F3INO/c7-5(8)2-1-11-6(9)3(10)4(2)12/h1,5H,(H,11,12). The van der Waals surface area contributed by atoms with E-state index in [4.69, 9.17) is 0 Å². The predicted octanol–water partition coefficient (Wildman–Crippen LogP) is 2.06. The van der Waals surface area contributed by atoms with Crippen molar-refractivity contribution in [1.82, 2.24) is 4.98 Å². The monoisotopic (exact) mass is 289 g/mol. The third kappa shape index (κ3) is 1.62. The minimum absolute atomic E-state index is 0.342. The molecule has 12 heavy (non-hydrogen) atoms. The quantitative estimate of drug-likeness (QED) is 0.623. The van der Waals surface area contributed by atoms with Crippen LogP contribution < -0.4 is 5.43 Å². The molecular formula is C6H3F3INO. The number of H-pyrrole nitrogens is 1. The van der Waals surface area contributed by atoms with Crippen molar-refractivity contribution in [2.45, 2.75) is 6.43 Å². The lowest BCUT2D eigenvalue weighted by molar-refractivity contribution is 0.149. The molecule has 2 nitrogen and oxygen atoms in total. The van der Waals surface area contributed by atoms with Crippen molar-refractivity contribution in [3.8, 4) is 0 Å². The Balaban J connectivity index is 3.37. The first-order valence-electron chi connectivity index (χ1n) is 2.88. The van der Waals surface area contributed by atoms with Gasteiger partial charge >= 0.3 is 0 Å². The summed E-state index contributed by atoms with van der Waals surface area (Å²) in [5, 5.41) is 0. The van der Waals surface area contributed by atoms with Gasteiger partial charge in [0.25, 0.3) is 6.43 Å². The van der Waals surface area contributed by atoms with Crippen LogP contribution in [0.3, 0.4) is 0 Å². The molecule has 1 aromatic heterocycles. The number of rotatable bonds is 1. The molecule has 0 saturated heterocycles. The average Bonchev–Trinajstić information content (AvgIpc) is 2.00. The highest BCUT2D eigenvalue weighted by molar-refractivity contribution is 14.1. The van der Waals surface area contributed by atoms with Crippen LogP contribution >= 0.6 is 22.6 Å². The smallest absolute Gasteiger partial charge is 0.269 e. The fourth-order valence-electron chi connectivity index (χ4n) is 0.659. The van der Waals surface area contributed by atoms with Crippen molar-refractivity contribution < 1.29 is 13.2 Å². The van der Waals surface area contributed by atoms with E-state index in [-0.39, 0.29) is 3.57 Å². The molecule has 1 aromatic rings. The van der Waals surface area contributed by atoms with Crippen LogP contribution in [0.5, 0.6) is 0 Å². The molecule has 0 amide bonds. The molecule has 0 atom stereocenters. The molecule has 0 aliphatic heterocycles. The number of aromatic nitrogens is 1. The highest BCUT2D eigenvalue weighted by atomic mass is 127. The van der Waals surface area contributed by atoms with Gasteiger partial charge in [-0.1, -0.05) is 0 Å². The first-order valence-corrected chi connectivity index (χ1v) is 3.96. The van der Waals surface area contributed by atoms with Gasteiger partial charge in [-0.15, -0.1) is 0 Å². The lowest BCUT2D eigenvalue weighted by Gasteiger charge is -1.99. The van der Waals surface area contributed by atoms with E-state index in [1.54, 1.807) is 0 Å². The van der Waals surface area contributed by atoms with E-state index in [1.165, 1.54) is 22.6 Å². The molecule has 0 spiro atoms. The summed E-state index contributed by atoms with van der Waals surface area (Å²) in [6.45, 7) is 0. The molecule has 6 heteroatoms. The zero-order chi connectivity index (χ0) is 9.30. The van der Waals surface area contributed by atoms with Gasteiger partial charge in [0.05, 0.1) is 5.56 Å². The van der Waals surface area contributed by atoms with Crippen molar-refractivity contribution in [2.75, 3.05) is 0 Å². The summed E-state index contributed by atoms with van der Waals surface area (Å²) in [7, 11) is 0. The molecule has 0 unspecified atom stereocenters. The molecule has 0 aliphatic rings. The minimum Gasteiger partial charge on any atom is -0.337 e. The molecule has 66 valence electrons. The van der Waals surface area contributed by atoms with E-state index >= 15 is 0 Å². The van der Waals surface area contributed by atoms with Crippen molar-refractivity contribution in [3.05, 3.63) is 31.5 Å². The summed E-state index contributed by atoms with van der Waals surface area (Å²) < 4.78 is 36.2. The number of hydrogen-bond donors (Lipinski definition) is 1. The molecule has 0 saturated carbocycles. The Labute approximate surface area is 78.9 Å². The maximum absolute atomic E-state index is 12.5. The van der Waals surface area contributed by atoms with Crippen LogP contribution in [0.15, 0.2) is 11.0 Å². The molecule has 1 rings (SSSR count). The summed E-state index contributed by atoms with van der Waals surface area (Å²) in [6.07, 6.45) is -2.19. The van der Waals surface area contributed by atoms with Crippen LogP contribution in [0.25, 0.3) is 0 Å². The fraction of sp³-hybridized carbons (Fsp3) is 0.167. The Kier molecular flexibility index (Phi) is 2.76. The van der Waals surface area contributed by atoms with Crippen molar-refractivity contribution in [3.63, 3.8) is 0 Å². The molecular weight excluding hydrogens is 286 g/mol. The predicted molar refractivity (Wildman–Crippen MR) is 44.7 cm³/mol. The molecule has 1 N–H and O–H groups in total. The van der Waals surface area contributed by atoms with Crippen LogP contribution in [-0.4, -0.2) is 4.98 Å². The number of nitrogens with one attached hydrogen (secondary N) is 1. The molecule has 0 fully saturated rings. The van der Waals surface area contributed by atoms with Gasteiger partial charge in [0.15, 0.2) is 0 Å². The van der Waals surface area contributed by atoms with Crippen LogP contribution in [0, 0.1) is 9.52 Å². The van der Waals surface area contributed by atoms with Gasteiger partial charge in [0.1, 0.15) is 3.57 Å². The molecule has 0 bridgehead atoms. The normalized spacial score (nSPS) is 10.8. The van der Waals surface area contributed by atoms with Crippen LogP contribution in [0.1, 0.15) is 12.0 Å². The number of pyridine rings is 1. The van der Waals surface area contributed by atoms with Crippen LogP contribution in [-0.2, 0) is 0 Å². The first kappa shape index (κ1) is 9.56. The summed E-state index contributed by atoms with van der Waals surface area (Å²) in [6, 6.07) is 0. The van der Waals surface area contributed by atoms with E-state index in [0.717, 1.165) is 0 Å². The Morgan fingerprint density at radius 3 is 2.58 bits per heavy atom. The average molecular weight is 289 g/mol. The number of hydrogen-bond acceptors (Lipinski definition) is 1. The highest BCUT2D eigenvalue weighted by Gasteiger charge is 2.15. The second kappa shape index (κ2) is 3.46. The third-order valence-corrected chi connectivity index (χ3v) is 2.21. The van der Waals surface area contributed by atoms with Crippen molar-refractivity contribution in [1.29, 1.82) is 0 Å². The zero-order valence-corrected chi connectivity index (χ0v) is 7.73. The minimum atomic E-state index is -2.87. The van der Waals surface area contributed by atoms with Crippen molar-refractivity contribution >= 4 is 22.6 Å². The summed E-state index contributed by atoms with van der Waals surface area (Å²) in [5.41, 5.74) is -1.66. The number of halogens is 4. The van der Waals surface area contributed by atoms with Gasteiger partial charge in [-0.2, -0.15) is 4.39 Å². The summed E-state index contributed by atoms with van der Waals surface area (Å²) in [5.74, 6) is -0.884. The summed E-state index contributed by atoms with van der Waals surface area (Å²) in [4.78, 5) is 12.8. The molecule has 0 aliphatic carbocycles. The van der Waals surface area contributed by atoms with Gasteiger partial charge in [-0.25, -0.2) is 8.78 Å². The van der Waals surface area contributed by atoms with E-state index in [9.17, 15) is 18.0 Å². The first-order chi connectivity index (χ1) is 5.54. The van der Waals surface area contributed by atoms with E-state index in [0.29, 0.717) is 6.20 Å². The second-order valence-electron chi connectivity index (χ2n) is 2.00. The van der Waals surface area contributed by atoms with Gasteiger partial charge in [0, 0.05) is 6.20 Å². The Morgan fingerprint density at radius 2 is 2.08 bits per heavy atom. The van der Waals surface area contributed by atoms with Gasteiger partial charge in [-0.05, 0) is 22.6 Å². The van der Waals surface area contributed by atoms with E-state index in [2.05, 4.69) is 0 Å². The number of alkyl halides is 2. The Morgan fingerprint density at radius 1 is 1.50 bits per heavy atom. The zero-order valence-electron chi connectivity index (χ0n) is 5.57. The molecule has 0 aromatic carbocycles. The highest BCUT2D eigenvalue weighted by Crippen LogP contribution is 2.15. The molecule has 1 heterocycles. The summed E-state index contributed by atoms with van der Waals surface area (Å²) >= 11 is 1.38. The van der Waals surface area contributed by atoms with Crippen molar-refractivity contribution in [2.24, 2.45) is 0 Å². The van der Waals surface area contributed by atoms with Gasteiger partial charge in [-0.3, -0.25) is 4.79 Å². The Hall–Kier alpha value is -0.530. The maximum atomic E-state index is 12.5. The SMILES string of the molecule is O=c1c(C(F)F)c[nH]c(F)c1I. The van der Waals surface area contributed by atoms with E-state index < -0.39 is 23.4 Å².